The number of carbonyl (C=O) groups is 2. The van der Waals surface area contributed by atoms with Crippen molar-refractivity contribution in [2.24, 2.45) is 5.92 Å². The fraction of sp³-hybridized carbons (Fsp3) is 0.619. The fourth-order valence-electron chi connectivity index (χ4n) is 4.35. The maximum atomic E-state index is 12.5. The molecule has 142 valence electrons. The van der Waals surface area contributed by atoms with Crippen molar-refractivity contribution in [1.82, 2.24) is 4.90 Å². The number of likely N-dealkylation sites (tertiary alicyclic amines) is 1. The summed E-state index contributed by atoms with van der Waals surface area (Å²) in [6.07, 6.45) is 2.54. The zero-order chi connectivity index (χ0) is 18.9. The molecule has 0 spiro atoms. The molecule has 1 amide bonds. The number of hydrogen-bond donors (Lipinski definition) is 0. The van der Waals surface area contributed by atoms with Crippen LogP contribution in [-0.2, 0) is 14.9 Å². The molecule has 1 aliphatic heterocycles. The van der Waals surface area contributed by atoms with E-state index in [1.54, 1.807) is 12.0 Å². The molecule has 1 saturated carbocycles. The minimum absolute atomic E-state index is 0.0685. The highest BCUT2D eigenvalue weighted by molar-refractivity contribution is 5.80. The van der Waals surface area contributed by atoms with Crippen molar-refractivity contribution in [3.05, 3.63) is 29.8 Å². The Morgan fingerprint density at radius 3 is 2.73 bits per heavy atom. The molecule has 0 unspecified atom stereocenters. The predicted octanol–water partition coefficient (Wildman–Crippen LogP) is 3.94. The van der Waals surface area contributed by atoms with Gasteiger partial charge < -0.3 is 14.4 Å². The quantitative estimate of drug-likeness (QED) is 0.802. The molecule has 1 aliphatic carbocycles. The van der Waals surface area contributed by atoms with Gasteiger partial charge in [-0.2, -0.15) is 0 Å². The minimum Gasteiger partial charge on any atom is -0.497 e. The van der Waals surface area contributed by atoms with Crippen molar-refractivity contribution >= 4 is 11.9 Å². The Balaban J connectivity index is 1.86. The van der Waals surface area contributed by atoms with Gasteiger partial charge in [0.2, 0.25) is 0 Å². The summed E-state index contributed by atoms with van der Waals surface area (Å²) in [5, 5.41) is 0. The van der Waals surface area contributed by atoms with E-state index < -0.39 is 5.60 Å². The molecule has 1 aromatic rings. The molecular weight excluding hydrogens is 330 g/mol. The van der Waals surface area contributed by atoms with Gasteiger partial charge in [-0.05, 0) is 57.2 Å². The maximum Gasteiger partial charge on any atom is 0.410 e. The van der Waals surface area contributed by atoms with Gasteiger partial charge in [-0.3, -0.25) is 4.79 Å². The van der Waals surface area contributed by atoms with E-state index >= 15 is 0 Å². The van der Waals surface area contributed by atoms with Gasteiger partial charge in [-0.15, -0.1) is 0 Å². The fourth-order valence-corrected chi connectivity index (χ4v) is 4.35. The summed E-state index contributed by atoms with van der Waals surface area (Å²) >= 11 is 0. The third-order valence-electron chi connectivity index (χ3n) is 5.67. The first-order chi connectivity index (χ1) is 12.2. The van der Waals surface area contributed by atoms with E-state index in [2.05, 4.69) is 12.1 Å². The Labute approximate surface area is 155 Å². The molecule has 0 N–H and O–H groups in total. The summed E-state index contributed by atoms with van der Waals surface area (Å²) in [6, 6.07) is 8.18. The first kappa shape index (κ1) is 18.7. The van der Waals surface area contributed by atoms with Crippen molar-refractivity contribution < 1.29 is 19.1 Å². The molecule has 26 heavy (non-hydrogen) atoms. The number of Topliss-reactive ketones (excluding diaryl/α,β-unsaturated/α-hetero) is 1. The Kier molecular flexibility index (Phi) is 5.00. The van der Waals surface area contributed by atoms with E-state index in [0.717, 1.165) is 18.6 Å². The van der Waals surface area contributed by atoms with Crippen LogP contribution < -0.4 is 4.74 Å². The van der Waals surface area contributed by atoms with Crippen LogP contribution in [0.4, 0.5) is 4.79 Å². The van der Waals surface area contributed by atoms with Crippen LogP contribution in [0.25, 0.3) is 0 Å². The summed E-state index contributed by atoms with van der Waals surface area (Å²) in [5.41, 5.74) is 0.639. The van der Waals surface area contributed by atoms with E-state index in [4.69, 9.17) is 9.47 Å². The molecule has 2 aliphatic rings. The SMILES string of the molecule is COc1cccc([C@@]23CCC(=O)C[C@H]2CN(C(=O)OC(C)(C)C)CC3)c1. The molecule has 5 nitrogen and oxygen atoms in total. The van der Waals surface area contributed by atoms with Crippen LogP contribution in [-0.4, -0.2) is 42.6 Å². The van der Waals surface area contributed by atoms with Gasteiger partial charge in [-0.25, -0.2) is 4.79 Å². The number of benzene rings is 1. The first-order valence-electron chi connectivity index (χ1n) is 9.38. The summed E-state index contributed by atoms with van der Waals surface area (Å²) < 4.78 is 10.9. The van der Waals surface area contributed by atoms with E-state index in [0.29, 0.717) is 31.7 Å². The Bertz CT molecular complexity index is 693. The smallest absolute Gasteiger partial charge is 0.410 e. The largest absolute Gasteiger partial charge is 0.497 e. The van der Waals surface area contributed by atoms with Crippen LogP contribution in [0.2, 0.25) is 0 Å². The Morgan fingerprint density at radius 2 is 2.04 bits per heavy atom. The molecule has 5 heteroatoms. The van der Waals surface area contributed by atoms with Crippen LogP contribution >= 0.6 is 0 Å². The Hall–Kier alpha value is -2.04. The lowest BCUT2D eigenvalue weighted by Gasteiger charge is -2.50. The number of amides is 1. The second-order valence-corrected chi connectivity index (χ2v) is 8.50. The van der Waals surface area contributed by atoms with Crippen molar-refractivity contribution in [2.45, 2.75) is 57.5 Å². The van der Waals surface area contributed by atoms with E-state index in [1.807, 2.05) is 32.9 Å². The minimum atomic E-state index is -0.513. The second kappa shape index (κ2) is 6.93. The van der Waals surface area contributed by atoms with Crippen LogP contribution in [0.3, 0.4) is 0 Å². The zero-order valence-electron chi connectivity index (χ0n) is 16.2. The summed E-state index contributed by atoms with van der Waals surface area (Å²) in [7, 11) is 1.67. The number of ketones is 1. The molecule has 1 aromatic carbocycles. The second-order valence-electron chi connectivity index (χ2n) is 8.50. The van der Waals surface area contributed by atoms with Gasteiger partial charge in [0.15, 0.2) is 0 Å². The van der Waals surface area contributed by atoms with Crippen molar-refractivity contribution in [3.8, 4) is 5.75 Å². The number of ether oxygens (including phenoxy) is 2. The maximum absolute atomic E-state index is 12.5. The molecule has 3 rings (SSSR count). The summed E-state index contributed by atoms with van der Waals surface area (Å²) in [6.45, 7) is 6.84. The number of fused-ring (bicyclic) bond motifs is 1. The number of hydrogen-bond acceptors (Lipinski definition) is 4. The molecule has 1 heterocycles. The van der Waals surface area contributed by atoms with E-state index in [1.165, 1.54) is 5.56 Å². The number of nitrogens with zero attached hydrogens (tertiary/aromatic N) is 1. The van der Waals surface area contributed by atoms with E-state index in [-0.39, 0.29) is 17.4 Å². The molecule has 2 atom stereocenters. The van der Waals surface area contributed by atoms with Crippen LogP contribution in [0, 0.1) is 5.92 Å². The third kappa shape index (κ3) is 3.71. The topological polar surface area (TPSA) is 55.8 Å². The van der Waals surface area contributed by atoms with Crippen LogP contribution in [0.15, 0.2) is 24.3 Å². The van der Waals surface area contributed by atoms with Gasteiger partial charge in [0.05, 0.1) is 7.11 Å². The number of carbonyl (C=O) groups excluding carboxylic acids is 2. The molecule has 1 saturated heterocycles. The average Bonchev–Trinajstić information content (AvgIpc) is 2.59. The number of rotatable bonds is 2. The lowest BCUT2D eigenvalue weighted by atomic mass is 9.59. The lowest BCUT2D eigenvalue weighted by molar-refractivity contribution is -0.124. The van der Waals surface area contributed by atoms with Gasteiger partial charge in [0.1, 0.15) is 17.1 Å². The molecule has 2 fully saturated rings. The van der Waals surface area contributed by atoms with Crippen LogP contribution in [0.1, 0.15) is 52.0 Å². The van der Waals surface area contributed by atoms with Crippen molar-refractivity contribution in [2.75, 3.05) is 20.2 Å². The summed E-state index contributed by atoms with van der Waals surface area (Å²) in [4.78, 5) is 26.4. The monoisotopic (exact) mass is 359 g/mol. The highest BCUT2D eigenvalue weighted by atomic mass is 16.6. The average molecular weight is 359 g/mol. The predicted molar refractivity (Wildman–Crippen MR) is 99.4 cm³/mol. The van der Waals surface area contributed by atoms with Gasteiger partial charge in [0.25, 0.3) is 0 Å². The highest BCUT2D eigenvalue weighted by Gasteiger charge is 2.48. The molecule has 0 aromatic heterocycles. The normalized spacial score (nSPS) is 26.2. The van der Waals surface area contributed by atoms with Gasteiger partial charge >= 0.3 is 6.09 Å². The van der Waals surface area contributed by atoms with Crippen LogP contribution in [0.5, 0.6) is 5.75 Å². The molecular formula is C21H29NO4. The molecule has 0 bridgehead atoms. The van der Waals surface area contributed by atoms with Crippen molar-refractivity contribution in [1.29, 1.82) is 0 Å². The lowest BCUT2D eigenvalue weighted by Crippen LogP contribution is -2.54. The Morgan fingerprint density at radius 1 is 1.27 bits per heavy atom. The first-order valence-corrected chi connectivity index (χ1v) is 9.38. The van der Waals surface area contributed by atoms with Crippen molar-refractivity contribution in [3.63, 3.8) is 0 Å². The van der Waals surface area contributed by atoms with Gasteiger partial charge in [-0.1, -0.05) is 12.1 Å². The molecule has 0 radical (unpaired) electrons. The standard InChI is InChI=1S/C21H29NO4/c1-20(2,3)26-19(24)22-11-10-21(9-8-17(23)12-16(21)14-22)15-6-5-7-18(13-15)25-4/h5-7,13,16H,8-12,14H2,1-4H3/t16-,21-/m0/s1. The highest BCUT2D eigenvalue weighted by Crippen LogP contribution is 2.48. The summed E-state index contributed by atoms with van der Waals surface area (Å²) in [5.74, 6) is 1.25. The van der Waals surface area contributed by atoms with Gasteiger partial charge in [0, 0.05) is 31.3 Å². The number of methoxy groups -OCH3 is 1. The third-order valence-corrected chi connectivity index (χ3v) is 5.67. The zero-order valence-corrected chi connectivity index (χ0v) is 16.2. The number of piperidine rings is 1. The van der Waals surface area contributed by atoms with E-state index in [9.17, 15) is 9.59 Å².